The Morgan fingerprint density at radius 3 is 2.80 bits per heavy atom. The average Bonchev–Trinajstić information content (AvgIpc) is 2.18. The molecule has 15 heavy (non-hydrogen) atoms. The maximum Gasteiger partial charge on any atom is 0.165 e. The molecular weight excluding hydrogens is 213 g/mol. The van der Waals surface area contributed by atoms with Crippen LogP contribution in [0.25, 0.3) is 0 Å². The van der Waals surface area contributed by atoms with Crippen molar-refractivity contribution in [3.63, 3.8) is 0 Å². The lowest BCUT2D eigenvalue weighted by atomic mass is 10.1. The molecule has 84 valence electrons. The lowest BCUT2D eigenvalue weighted by Crippen LogP contribution is -2.25. The third-order valence-corrected chi connectivity index (χ3v) is 2.86. The van der Waals surface area contributed by atoms with E-state index in [1.807, 2.05) is 12.3 Å². The van der Waals surface area contributed by atoms with Gasteiger partial charge < -0.3 is 10.5 Å². The maximum absolute atomic E-state index is 13.3. The number of ether oxygens (including phenoxy) is 1. The molecule has 1 aromatic carbocycles. The third kappa shape index (κ3) is 3.72. The Hall–Kier alpha value is -0.740. The molecule has 2 N–H and O–H groups in total. The molecule has 1 aromatic rings. The Kier molecular flexibility index (Phi) is 4.91. The fraction of sp³-hybridized carbons (Fsp3) is 0.455. The highest BCUT2D eigenvalue weighted by atomic mass is 32.2. The van der Waals surface area contributed by atoms with E-state index >= 15 is 0 Å². The van der Waals surface area contributed by atoms with Crippen LogP contribution < -0.4 is 10.5 Å². The van der Waals surface area contributed by atoms with Gasteiger partial charge in [-0.05, 0) is 30.4 Å². The quantitative estimate of drug-likeness (QED) is 0.839. The molecule has 0 saturated heterocycles. The maximum atomic E-state index is 13.3. The Balaban J connectivity index is 2.66. The van der Waals surface area contributed by atoms with Crippen LogP contribution in [0.4, 0.5) is 4.39 Å². The molecule has 0 fully saturated rings. The zero-order chi connectivity index (χ0) is 11.3. The molecule has 1 rings (SSSR count). The van der Waals surface area contributed by atoms with Crippen LogP contribution in [-0.4, -0.2) is 25.2 Å². The van der Waals surface area contributed by atoms with Crippen LogP contribution in [0.5, 0.6) is 5.75 Å². The van der Waals surface area contributed by atoms with E-state index in [9.17, 15) is 4.39 Å². The van der Waals surface area contributed by atoms with Crippen LogP contribution in [0, 0.1) is 5.82 Å². The number of nitrogens with two attached hydrogens (primary N) is 1. The summed E-state index contributed by atoms with van der Waals surface area (Å²) in [5.74, 6) is 0.830. The second-order valence-corrected chi connectivity index (χ2v) is 4.30. The number of methoxy groups -OCH3 is 1. The average molecular weight is 229 g/mol. The lowest BCUT2D eigenvalue weighted by Gasteiger charge is -2.10. The van der Waals surface area contributed by atoms with E-state index in [-0.39, 0.29) is 17.6 Å². The van der Waals surface area contributed by atoms with Gasteiger partial charge >= 0.3 is 0 Å². The zero-order valence-corrected chi connectivity index (χ0v) is 9.81. The van der Waals surface area contributed by atoms with Crippen LogP contribution >= 0.6 is 11.8 Å². The predicted octanol–water partition coefficient (Wildman–Crippen LogP) is 2.07. The smallest absolute Gasteiger partial charge is 0.165 e. The fourth-order valence-electron chi connectivity index (χ4n) is 1.41. The number of benzene rings is 1. The first kappa shape index (κ1) is 12.3. The van der Waals surface area contributed by atoms with Crippen molar-refractivity contribution in [3.05, 3.63) is 29.6 Å². The normalized spacial score (nSPS) is 12.5. The van der Waals surface area contributed by atoms with Crippen molar-refractivity contribution < 1.29 is 9.13 Å². The van der Waals surface area contributed by atoms with E-state index in [1.165, 1.54) is 13.2 Å². The molecule has 0 amide bonds. The Bertz CT molecular complexity index is 319. The second-order valence-electron chi connectivity index (χ2n) is 3.39. The third-order valence-electron chi connectivity index (χ3n) is 2.09. The van der Waals surface area contributed by atoms with Gasteiger partial charge in [0.15, 0.2) is 11.6 Å². The highest BCUT2D eigenvalue weighted by molar-refractivity contribution is 7.98. The highest BCUT2D eigenvalue weighted by Gasteiger charge is 2.07. The molecule has 0 heterocycles. The van der Waals surface area contributed by atoms with Crippen LogP contribution in [0.1, 0.15) is 5.56 Å². The van der Waals surface area contributed by atoms with Crippen molar-refractivity contribution in [1.29, 1.82) is 0 Å². The fourth-order valence-corrected chi connectivity index (χ4v) is 1.96. The molecule has 4 heteroatoms. The largest absolute Gasteiger partial charge is 0.494 e. The van der Waals surface area contributed by atoms with Crippen molar-refractivity contribution in [2.75, 3.05) is 19.1 Å². The summed E-state index contributed by atoms with van der Waals surface area (Å²) in [6.07, 6.45) is 2.70. The molecule has 0 aliphatic rings. The van der Waals surface area contributed by atoms with E-state index < -0.39 is 0 Å². The van der Waals surface area contributed by atoms with Crippen molar-refractivity contribution in [2.24, 2.45) is 5.73 Å². The van der Waals surface area contributed by atoms with E-state index in [0.717, 1.165) is 11.3 Å². The van der Waals surface area contributed by atoms with Crippen molar-refractivity contribution in [3.8, 4) is 5.75 Å². The first-order valence-corrected chi connectivity index (χ1v) is 6.13. The van der Waals surface area contributed by atoms with Crippen molar-refractivity contribution >= 4 is 11.8 Å². The molecule has 0 radical (unpaired) electrons. The summed E-state index contributed by atoms with van der Waals surface area (Å²) >= 11 is 1.70. The van der Waals surface area contributed by atoms with Gasteiger partial charge in [0.2, 0.25) is 0 Å². The molecule has 0 aliphatic heterocycles. The van der Waals surface area contributed by atoms with E-state index in [2.05, 4.69) is 0 Å². The molecule has 1 atom stereocenters. The number of hydrogen-bond acceptors (Lipinski definition) is 3. The highest BCUT2D eigenvalue weighted by Crippen LogP contribution is 2.18. The van der Waals surface area contributed by atoms with Gasteiger partial charge in [0.05, 0.1) is 7.11 Å². The molecule has 0 saturated carbocycles. The summed E-state index contributed by atoms with van der Waals surface area (Å²) in [5, 5.41) is 0. The lowest BCUT2D eigenvalue weighted by molar-refractivity contribution is 0.386. The van der Waals surface area contributed by atoms with Crippen LogP contribution in [0.2, 0.25) is 0 Å². The molecule has 0 aliphatic carbocycles. The van der Waals surface area contributed by atoms with Gasteiger partial charge in [-0.3, -0.25) is 0 Å². The summed E-state index contributed by atoms with van der Waals surface area (Å²) in [6.45, 7) is 0. The Morgan fingerprint density at radius 2 is 2.27 bits per heavy atom. The van der Waals surface area contributed by atoms with Crippen LogP contribution in [-0.2, 0) is 6.42 Å². The Labute approximate surface area is 94.0 Å². The summed E-state index contributed by atoms with van der Waals surface area (Å²) in [4.78, 5) is 0. The first-order valence-electron chi connectivity index (χ1n) is 4.74. The molecule has 0 aromatic heterocycles. The van der Waals surface area contributed by atoms with Crippen molar-refractivity contribution in [2.45, 2.75) is 12.5 Å². The van der Waals surface area contributed by atoms with Gasteiger partial charge in [-0.25, -0.2) is 4.39 Å². The van der Waals surface area contributed by atoms with Gasteiger partial charge in [0.1, 0.15) is 0 Å². The number of rotatable bonds is 5. The summed E-state index contributed by atoms with van der Waals surface area (Å²) in [6, 6.07) is 5.05. The summed E-state index contributed by atoms with van der Waals surface area (Å²) in [7, 11) is 1.46. The minimum absolute atomic E-state index is 0.0767. The van der Waals surface area contributed by atoms with Crippen LogP contribution in [0.3, 0.4) is 0 Å². The second kappa shape index (κ2) is 5.98. The number of thioether (sulfide) groups is 1. The SMILES string of the molecule is COc1ccc(CC(N)CSC)cc1F. The molecule has 0 bridgehead atoms. The standard InChI is InChI=1S/C11H16FNOS/c1-14-11-4-3-8(6-10(11)12)5-9(13)7-15-2/h3-4,6,9H,5,7,13H2,1-2H3. The molecule has 1 unspecified atom stereocenters. The van der Waals surface area contributed by atoms with E-state index in [4.69, 9.17) is 10.5 Å². The number of hydrogen-bond donors (Lipinski definition) is 1. The van der Waals surface area contributed by atoms with Gasteiger partial charge in [-0.15, -0.1) is 0 Å². The first-order chi connectivity index (χ1) is 7.17. The van der Waals surface area contributed by atoms with E-state index in [1.54, 1.807) is 17.8 Å². The zero-order valence-electron chi connectivity index (χ0n) is 9.00. The molecular formula is C11H16FNOS. The summed E-state index contributed by atoms with van der Waals surface area (Å²) in [5.41, 5.74) is 6.77. The molecule has 0 spiro atoms. The molecule has 2 nitrogen and oxygen atoms in total. The van der Waals surface area contributed by atoms with Gasteiger partial charge in [0, 0.05) is 11.8 Å². The van der Waals surface area contributed by atoms with Gasteiger partial charge in [-0.2, -0.15) is 11.8 Å². The summed E-state index contributed by atoms with van der Waals surface area (Å²) < 4.78 is 18.2. The van der Waals surface area contributed by atoms with E-state index in [0.29, 0.717) is 6.42 Å². The predicted molar refractivity (Wildman–Crippen MR) is 63.0 cm³/mol. The Morgan fingerprint density at radius 1 is 1.53 bits per heavy atom. The number of halogens is 1. The topological polar surface area (TPSA) is 35.2 Å². The minimum atomic E-state index is -0.327. The minimum Gasteiger partial charge on any atom is -0.494 e. The van der Waals surface area contributed by atoms with Crippen LogP contribution in [0.15, 0.2) is 18.2 Å². The monoisotopic (exact) mass is 229 g/mol. The van der Waals surface area contributed by atoms with Gasteiger partial charge in [0.25, 0.3) is 0 Å². The van der Waals surface area contributed by atoms with Crippen molar-refractivity contribution in [1.82, 2.24) is 0 Å². The van der Waals surface area contributed by atoms with Gasteiger partial charge in [-0.1, -0.05) is 6.07 Å².